The second kappa shape index (κ2) is 5.21. The van der Waals surface area contributed by atoms with Crippen LogP contribution < -0.4 is 28.5 Å². The smallest absolute Gasteiger partial charge is 0.349 e. The lowest BCUT2D eigenvalue weighted by Gasteiger charge is -2.03. The van der Waals surface area contributed by atoms with Crippen molar-refractivity contribution in [2.24, 2.45) is 7.05 Å². The highest BCUT2D eigenvalue weighted by Crippen LogP contribution is 2.08. The minimum absolute atomic E-state index is 0. The number of imidazole rings is 1. The minimum atomic E-state index is -0.784. The Balaban J connectivity index is 0.00000144. The molecule has 0 aliphatic carbocycles. The Morgan fingerprint density at radius 1 is 1.69 bits per heavy atom. The van der Waals surface area contributed by atoms with Crippen LogP contribution in [0.25, 0.3) is 0 Å². The average Bonchev–Trinajstić information content (AvgIpc) is 2.37. The van der Waals surface area contributed by atoms with Crippen molar-refractivity contribution in [3.05, 3.63) is 18.7 Å². The van der Waals surface area contributed by atoms with Crippen LogP contribution in [-0.2, 0) is 11.8 Å². The van der Waals surface area contributed by atoms with Crippen LogP contribution in [0.4, 0.5) is 0 Å². The normalized spacial score (nSPS) is 11.8. The number of aromatic nitrogens is 2. The monoisotopic (exact) mass is 296 g/mol. The van der Waals surface area contributed by atoms with Crippen LogP contribution in [0.5, 0.6) is 0 Å². The van der Waals surface area contributed by atoms with Gasteiger partial charge in [-0.15, -0.1) is 0 Å². The molecule has 0 aliphatic rings. The molecule has 13 heavy (non-hydrogen) atoms. The SMILES string of the molecule is CCC(C(=O)O)n1cc[n+](C)c1.[I-]. The van der Waals surface area contributed by atoms with E-state index < -0.39 is 12.0 Å². The number of hydrogen-bond donors (Lipinski definition) is 1. The molecule has 1 atom stereocenters. The van der Waals surface area contributed by atoms with Crippen LogP contribution in [0.3, 0.4) is 0 Å². The van der Waals surface area contributed by atoms with Gasteiger partial charge in [-0.3, -0.25) is 0 Å². The Morgan fingerprint density at radius 3 is 2.62 bits per heavy atom. The van der Waals surface area contributed by atoms with E-state index in [0.29, 0.717) is 6.42 Å². The lowest BCUT2D eigenvalue weighted by Crippen LogP contribution is -3.00. The van der Waals surface area contributed by atoms with E-state index in [9.17, 15) is 4.79 Å². The summed E-state index contributed by atoms with van der Waals surface area (Å²) in [7, 11) is 1.87. The number of aryl methyl sites for hydroxylation is 1. The van der Waals surface area contributed by atoms with Crippen LogP contribution in [0, 0.1) is 0 Å². The molecule has 0 saturated heterocycles. The van der Waals surface area contributed by atoms with E-state index in [-0.39, 0.29) is 24.0 Å². The quantitative estimate of drug-likeness (QED) is 0.489. The average molecular weight is 296 g/mol. The van der Waals surface area contributed by atoms with Gasteiger partial charge < -0.3 is 29.1 Å². The molecule has 0 fully saturated rings. The molecule has 0 aliphatic heterocycles. The van der Waals surface area contributed by atoms with Crippen LogP contribution in [-0.4, -0.2) is 15.6 Å². The molecule has 0 radical (unpaired) electrons. The van der Waals surface area contributed by atoms with Gasteiger partial charge in [0.2, 0.25) is 6.33 Å². The summed E-state index contributed by atoms with van der Waals surface area (Å²) in [6.07, 6.45) is 5.96. The van der Waals surface area contributed by atoms with Crippen molar-refractivity contribution >= 4 is 5.97 Å². The lowest BCUT2D eigenvalue weighted by molar-refractivity contribution is -0.671. The summed E-state index contributed by atoms with van der Waals surface area (Å²) in [5.74, 6) is -0.784. The molecule has 0 saturated carbocycles. The summed E-state index contributed by atoms with van der Waals surface area (Å²) >= 11 is 0. The van der Waals surface area contributed by atoms with Gasteiger partial charge in [0, 0.05) is 0 Å². The number of carboxylic acid groups (broad SMARTS) is 1. The van der Waals surface area contributed by atoms with Crippen LogP contribution in [0.2, 0.25) is 0 Å². The van der Waals surface area contributed by atoms with Crippen molar-refractivity contribution in [3.8, 4) is 0 Å². The summed E-state index contributed by atoms with van der Waals surface area (Å²) in [5, 5.41) is 8.81. The molecular formula is C8H13IN2O2. The second-order valence-corrected chi connectivity index (χ2v) is 2.79. The van der Waals surface area contributed by atoms with Crippen LogP contribution >= 0.6 is 0 Å². The Bertz CT molecular complexity index is 285. The van der Waals surface area contributed by atoms with E-state index >= 15 is 0 Å². The second-order valence-electron chi connectivity index (χ2n) is 2.79. The molecule has 74 valence electrons. The van der Waals surface area contributed by atoms with Gasteiger partial charge in [-0.1, -0.05) is 6.92 Å². The molecule has 1 unspecified atom stereocenters. The third-order valence-corrected chi connectivity index (χ3v) is 1.82. The standard InChI is InChI=1S/C8H12N2O2.HI/c1-3-7(8(11)12)10-5-4-9(2)6-10;/h4-7H,3H2,1-2H3;1H. The maximum atomic E-state index is 10.7. The maximum absolute atomic E-state index is 10.7. The van der Waals surface area contributed by atoms with Crippen molar-refractivity contribution in [1.29, 1.82) is 0 Å². The highest BCUT2D eigenvalue weighted by molar-refractivity contribution is 5.71. The van der Waals surface area contributed by atoms with Gasteiger partial charge in [-0.25, -0.2) is 13.9 Å². The van der Waals surface area contributed by atoms with E-state index in [0.717, 1.165) is 0 Å². The number of carboxylic acids is 1. The number of aliphatic carboxylic acids is 1. The Labute approximate surface area is 94.2 Å². The summed E-state index contributed by atoms with van der Waals surface area (Å²) in [6.45, 7) is 1.86. The number of hydrogen-bond acceptors (Lipinski definition) is 1. The summed E-state index contributed by atoms with van der Waals surface area (Å²) in [4.78, 5) is 10.7. The topological polar surface area (TPSA) is 46.1 Å². The number of carbonyl (C=O) groups is 1. The fraction of sp³-hybridized carbons (Fsp3) is 0.500. The highest BCUT2D eigenvalue weighted by atomic mass is 127. The first-order chi connectivity index (χ1) is 5.65. The fourth-order valence-electron chi connectivity index (χ4n) is 1.17. The molecule has 4 nitrogen and oxygen atoms in total. The van der Waals surface area contributed by atoms with Crippen molar-refractivity contribution in [2.45, 2.75) is 19.4 Å². The predicted octanol–water partition coefficient (Wildman–Crippen LogP) is -2.65. The van der Waals surface area contributed by atoms with E-state index in [1.807, 2.05) is 24.7 Å². The van der Waals surface area contributed by atoms with Crippen LogP contribution in [0.1, 0.15) is 19.4 Å². The first kappa shape index (κ1) is 12.4. The molecule has 1 heterocycles. The Morgan fingerprint density at radius 2 is 2.31 bits per heavy atom. The van der Waals surface area contributed by atoms with E-state index in [4.69, 9.17) is 5.11 Å². The highest BCUT2D eigenvalue weighted by Gasteiger charge is 2.21. The fourth-order valence-corrected chi connectivity index (χ4v) is 1.17. The van der Waals surface area contributed by atoms with Gasteiger partial charge >= 0.3 is 5.97 Å². The maximum Gasteiger partial charge on any atom is 0.349 e. The van der Waals surface area contributed by atoms with Crippen molar-refractivity contribution in [3.63, 3.8) is 0 Å². The van der Waals surface area contributed by atoms with Crippen molar-refractivity contribution in [1.82, 2.24) is 4.57 Å². The number of nitrogens with zero attached hydrogens (tertiary/aromatic N) is 2. The molecule has 0 bridgehead atoms. The summed E-state index contributed by atoms with van der Waals surface area (Å²) in [6, 6.07) is -0.439. The summed E-state index contributed by atoms with van der Waals surface area (Å²) in [5.41, 5.74) is 0. The van der Waals surface area contributed by atoms with Crippen molar-refractivity contribution in [2.75, 3.05) is 0 Å². The Hall–Kier alpha value is -0.590. The minimum Gasteiger partial charge on any atom is -1.00 e. The first-order valence-electron chi connectivity index (χ1n) is 3.90. The molecule has 0 aromatic carbocycles. The van der Waals surface area contributed by atoms with Gasteiger partial charge in [-0.2, -0.15) is 0 Å². The molecule has 0 spiro atoms. The van der Waals surface area contributed by atoms with Crippen molar-refractivity contribution < 1.29 is 38.4 Å². The summed E-state index contributed by atoms with van der Waals surface area (Å²) < 4.78 is 3.52. The third kappa shape index (κ3) is 2.98. The van der Waals surface area contributed by atoms with E-state index in [1.54, 1.807) is 17.1 Å². The molecular weight excluding hydrogens is 283 g/mol. The van der Waals surface area contributed by atoms with E-state index in [1.165, 1.54) is 0 Å². The molecule has 1 rings (SSSR count). The van der Waals surface area contributed by atoms with Gasteiger partial charge in [0.1, 0.15) is 12.4 Å². The lowest BCUT2D eigenvalue weighted by atomic mass is 10.2. The molecule has 1 N–H and O–H groups in total. The molecule has 1 aromatic heterocycles. The number of rotatable bonds is 3. The van der Waals surface area contributed by atoms with E-state index in [2.05, 4.69) is 0 Å². The molecule has 1 aromatic rings. The van der Waals surface area contributed by atoms with Gasteiger partial charge in [0.15, 0.2) is 6.04 Å². The molecule has 0 amide bonds. The third-order valence-electron chi connectivity index (χ3n) is 1.82. The number of halogens is 1. The zero-order valence-electron chi connectivity index (χ0n) is 7.64. The van der Waals surface area contributed by atoms with Gasteiger partial charge in [0.25, 0.3) is 0 Å². The van der Waals surface area contributed by atoms with Gasteiger partial charge in [0.05, 0.1) is 7.05 Å². The zero-order chi connectivity index (χ0) is 9.14. The van der Waals surface area contributed by atoms with Gasteiger partial charge in [-0.05, 0) is 6.42 Å². The largest absolute Gasteiger partial charge is 1.00 e. The van der Waals surface area contributed by atoms with Crippen LogP contribution in [0.15, 0.2) is 18.7 Å². The Kier molecular flexibility index (Phi) is 4.97. The molecule has 5 heteroatoms. The zero-order valence-corrected chi connectivity index (χ0v) is 9.80. The predicted molar refractivity (Wildman–Crippen MR) is 42.6 cm³/mol. The first-order valence-corrected chi connectivity index (χ1v) is 3.90.